The fourth-order valence-corrected chi connectivity index (χ4v) is 2.83. The van der Waals surface area contributed by atoms with Crippen molar-refractivity contribution in [3.05, 3.63) is 11.6 Å². The van der Waals surface area contributed by atoms with Crippen LogP contribution in [0.5, 0.6) is 0 Å². The average molecular weight is 313 g/mol. The van der Waals surface area contributed by atoms with E-state index < -0.39 is 18.0 Å². The minimum Gasteiger partial charge on any atom is -0.428 e. The van der Waals surface area contributed by atoms with Crippen LogP contribution in [-0.4, -0.2) is 34.2 Å². The van der Waals surface area contributed by atoms with Gasteiger partial charge in [0.25, 0.3) is 0 Å². The van der Waals surface area contributed by atoms with Crippen LogP contribution in [0, 0.1) is 0 Å². The first-order valence-corrected chi connectivity index (χ1v) is 8.47. The number of carbonyl (C=O) groups is 1. The predicted molar refractivity (Wildman–Crippen MR) is 86.0 cm³/mol. The fraction of sp³-hybridized carbons (Fsp3) is 0.824. The normalized spacial score (nSPS) is 22.1. The van der Waals surface area contributed by atoms with Crippen molar-refractivity contribution in [3.8, 4) is 0 Å². The number of unbranched alkanes of at least 4 members (excludes halogenated alkanes) is 6. The number of hydrogen-bond donors (Lipinski definition) is 3. The molecule has 1 aliphatic rings. The van der Waals surface area contributed by atoms with Gasteiger partial charge in [-0.1, -0.05) is 51.9 Å². The fourth-order valence-electron chi connectivity index (χ4n) is 2.83. The van der Waals surface area contributed by atoms with Crippen molar-refractivity contribution in [1.29, 1.82) is 0 Å². The summed E-state index contributed by atoms with van der Waals surface area (Å²) in [5, 5.41) is 23.1. The summed E-state index contributed by atoms with van der Waals surface area (Å²) in [7, 11) is 0. The molecule has 3 N–H and O–H groups in total. The van der Waals surface area contributed by atoms with Gasteiger partial charge in [-0.3, -0.25) is 5.32 Å². The van der Waals surface area contributed by atoms with Crippen LogP contribution < -0.4 is 5.32 Å². The second kappa shape index (κ2) is 9.28. The molecule has 0 saturated heterocycles. The number of ether oxygens (including phenoxy) is 1. The molecule has 1 aliphatic heterocycles. The summed E-state index contributed by atoms with van der Waals surface area (Å²) in [4.78, 5) is 11.1. The van der Waals surface area contributed by atoms with Gasteiger partial charge in [0.2, 0.25) is 6.29 Å². The van der Waals surface area contributed by atoms with Crippen LogP contribution in [0.3, 0.4) is 0 Å². The molecule has 3 unspecified atom stereocenters. The highest BCUT2D eigenvalue weighted by molar-refractivity contribution is 5.86. The molecule has 3 atom stereocenters. The molecule has 0 radical (unpaired) electrons. The van der Waals surface area contributed by atoms with Gasteiger partial charge in [-0.2, -0.15) is 0 Å². The highest BCUT2D eigenvalue weighted by Crippen LogP contribution is 2.24. The van der Waals surface area contributed by atoms with E-state index in [1.54, 1.807) is 0 Å². The largest absolute Gasteiger partial charge is 0.428 e. The second-order valence-electron chi connectivity index (χ2n) is 6.42. The van der Waals surface area contributed by atoms with E-state index in [1.807, 2.05) is 6.92 Å². The van der Waals surface area contributed by atoms with E-state index in [-0.39, 0.29) is 11.6 Å². The maximum Gasteiger partial charge on any atom is 0.333 e. The summed E-state index contributed by atoms with van der Waals surface area (Å²) in [6.07, 6.45) is 9.50. The maximum absolute atomic E-state index is 11.1. The van der Waals surface area contributed by atoms with Crippen LogP contribution in [0.4, 0.5) is 0 Å². The number of nitrogens with one attached hydrogen (secondary N) is 1. The highest BCUT2D eigenvalue weighted by atomic mass is 16.6. The Morgan fingerprint density at radius 3 is 2.41 bits per heavy atom. The van der Waals surface area contributed by atoms with Gasteiger partial charge in [-0.15, -0.1) is 0 Å². The molecule has 22 heavy (non-hydrogen) atoms. The Kier molecular flexibility index (Phi) is 8.07. The van der Waals surface area contributed by atoms with Crippen molar-refractivity contribution in [2.24, 2.45) is 0 Å². The predicted octanol–water partition coefficient (Wildman–Crippen LogP) is 2.62. The third kappa shape index (κ3) is 6.46. The highest BCUT2D eigenvalue weighted by Gasteiger charge is 2.38. The van der Waals surface area contributed by atoms with Crippen LogP contribution >= 0.6 is 0 Å². The molecule has 5 heteroatoms. The monoisotopic (exact) mass is 313 g/mol. The van der Waals surface area contributed by atoms with Crippen LogP contribution in [0.25, 0.3) is 0 Å². The molecule has 0 fully saturated rings. The Morgan fingerprint density at radius 2 is 1.86 bits per heavy atom. The van der Waals surface area contributed by atoms with Crippen LogP contribution in [-0.2, 0) is 9.53 Å². The van der Waals surface area contributed by atoms with E-state index in [0.717, 1.165) is 18.9 Å². The van der Waals surface area contributed by atoms with E-state index in [9.17, 15) is 15.0 Å². The van der Waals surface area contributed by atoms with Gasteiger partial charge >= 0.3 is 5.97 Å². The smallest absolute Gasteiger partial charge is 0.333 e. The maximum atomic E-state index is 11.1. The van der Waals surface area contributed by atoms with Crippen LogP contribution in [0.2, 0.25) is 0 Å². The lowest BCUT2D eigenvalue weighted by atomic mass is 10.0. The molecule has 0 aromatic heterocycles. The third-order valence-electron chi connectivity index (χ3n) is 4.10. The zero-order valence-corrected chi connectivity index (χ0v) is 14.1. The van der Waals surface area contributed by atoms with E-state index in [0.29, 0.717) is 0 Å². The first kappa shape index (κ1) is 19.1. The first-order chi connectivity index (χ1) is 10.4. The standard InChI is InChI=1S/C17H31NO4/c1-4-5-6-7-8-9-10-11-13(2)18-17(3,21)14-12-15(19)22-16(14)20/h12-13,16,18,20-21H,4-11H2,1-3H3. The van der Waals surface area contributed by atoms with E-state index >= 15 is 0 Å². The molecule has 0 aromatic rings. The van der Waals surface area contributed by atoms with Crippen molar-refractivity contribution in [2.45, 2.75) is 90.2 Å². The van der Waals surface area contributed by atoms with E-state index in [1.165, 1.54) is 45.4 Å². The molecule has 128 valence electrons. The molecule has 0 saturated carbocycles. The zero-order chi connectivity index (χ0) is 16.6. The van der Waals surface area contributed by atoms with E-state index in [2.05, 4.69) is 17.0 Å². The lowest BCUT2D eigenvalue weighted by molar-refractivity contribution is -0.153. The van der Waals surface area contributed by atoms with Gasteiger partial charge in [0, 0.05) is 12.1 Å². The SMILES string of the molecule is CCCCCCCCCC(C)NC(C)(O)C1=CC(=O)OC1O. The minimum atomic E-state index is -1.44. The van der Waals surface area contributed by atoms with Crippen LogP contribution in [0.1, 0.15) is 72.1 Å². The van der Waals surface area contributed by atoms with Gasteiger partial charge in [-0.25, -0.2) is 4.79 Å². The number of cyclic esters (lactones) is 1. The number of esters is 1. The van der Waals surface area contributed by atoms with Crippen LogP contribution in [0.15, 0.2) is 11.6 Å². The lowest BCUT2D eigenvalue weighted by Gasteiger charge is -2.30. The van der Waals surface area contributed by atoms with Gasteiger partial charge in [0.05, 0.1) is 5.57 Å². The molecule has 0 amide bonds. The van der Waals surface area contributed by atoms with Gasteiger partial charge in [0.15, 0.2) is 0 Å². The Bertz CT molecular complexity index is 379. The van der Waals surface area contributed by atoms with Gasteiger partial charge in [-0.05, 0) is 20.3 Å². The molecule has 1 heterocycles. The molecule has 1 rings (SSSR count). The number of carbonyl (C=O) groups excluding carboxylic acids is 1. The zero-order valence-electron chi connectivity index (χ0n) is 14.1. The number of hydrogen-bond acceptors (Lipinski definition) is 5. The van der Waals surface area contributed by atoms with Crippen molar-refractivity contribution in [1.82, 2.24) is 5.32 Å². The Labute approximate surface area is 133 Å². The van der Waals surface area contributed by atoms with Crippen molar-refractivity contribution >= 4 is 5.97 Å². The molecule has 0 bridgehead atoms. The second-order valence-corrected chi connectivity index (χ2v) is 6.42. The summed E-state index contributed by atoms with van der Waals surface area (Å²) in [5.74, 6) is -0.621. The Hall–Kier alpha value is -0.910. The van der Waals surface area contributed by atoms with Gasteiger partial charge in [0.1, 0.15) is 5.72 Å². The molecule has 0 aliphatic carbocycles. The molecule has 0 aromatic carbocycles. The summed E-state index contributed by atoms with van der Waals surface area (Å²) in [6, 6.07) is 0.0921. The molecular weight excluding hydrogens is 282 g/mol. The first-order valence-electron chi connectivity index (χ1n) is 8.47. The number of aliphatic hydroxyl groups excluding tert-OH is 1. The Morgan fingerprint density at radius 1 is 1.27 bits per heavy atom. The van der Waals surface area contributed by atoms with Crippen molar-refractivity contribution in [3.63, 3.8) is 0 Å². The average Bonchev–Trinajstić information content (AvgIpc) is 2.77. The third-order valence-corrected chi connectivity index (χ3v) is 4.10. The summed E-state index contributed by atoms with van der Waals surface area (Å²) in [6.45, 7) is 5.75. The molecule has 0 spiro atoms. The molecule has 5 nitrogen and oxygen atoms in total. The molecular formula is C17H31NO4. The topological polar surface area (TPSA) is 78.8 Å². The quantitative estimate of drug-likeness (QED) is 0.310. The summed E-state index contributed by atoms with van der Waals surface area (Å²) >= 11 is 0. The minimum absolute atomic E-state index is 0.0921. The van der Waals surface area contributed by atoms with E-state index in [4.69, 9.17) is 0 Å². The van der Waals surface area contributed by atoms with Crippen molar-refractivity contribution < 1.29 is 19.7 Å². The summed E-state index contributed by atoms with van der Waals surface area (Å²) in [5.41, 5.74) is -1.27. The lowest BCUT2D eigenvalue weighted by Crippen LogP contribution is -2.50. The number of rotatable bonds is 11. The number of aliphatic hydroxyl groups is 2. The van der Waals surface area contributed by atoms with Crippen molar-refractivity contribution in [2.75, 3.05) is 0 Å². The van der Waals surface area contributed by atoms with Gasteiger partial charge < -0.3 is 14.9 Å². The Balaban J connectivity index is 2.25. The summed E-state index contributed by atoms with van der Waals surface area (Å²) < 4.78 is 4.61.